The second kappa shape index (κ2) is 8.56. The quantitative estimate of drug-likeness (QED) is 0.805. The van der Waals surface area contributed by atoms with Gasteiger partial charge < -0.3 is 15.0 Å². The van der Waals surface area contributed by atoms with E-state index in [1.165, 1.54) is 18.5 Å². The maximum atomic E-state index is 10.6. The van der Waals surface area contributed by atoms with Crippen LogP contribution in [0.1, 0.15) is 39.5 Å². The minimum Gasteiger partial charge on any atom is -0.489 e. The fraction of sp³-hybridized carbons (Fsp3) is 0.650. The van der Waals surface area contributed by atoms with Crippen molar-refractivity contribution < 1.29 is 9.53 Å². The van der Waals surface area contributed by atoms with Gasteiger partial charge in [0.1, 0.15) is 5.75 Å². The summed E-state index contributed by atoms with van der Waals surface area (Å²) in [7, 11) is 0. The van der Waals surface area contributed by atoms with Gasteiger partial charge in [-0.3, -0.25) is 9.69 Å². The molecule has 1 aromatic rings. The van der Waals surface area contributed by atoms with E-state index in [2.05, 4.69) is 47.2 Å². The molecule has 3 rings (SSSR count). The Morgan fingerprint density at radius 3 is 2.40 bits per heavy atom. The van der Waals surface area contributed by atoms with Crippen molar-refractivity contribution in [1.82, 2.24) is 10.2 Å². The van der Waals surface area contributed by atoms with E-state index in [4.69, 9.17) is 4.74 Å². The van der Waals surface area contributed by atoms with Crippen molar-refractivity contribution >= 4 is 12.1 Å². The second-order valence-corrected chi connectivity index (χ2v) is 7.45. The Labute approximate surface area is 151 Å². The molecule has 0 radical (unpaired) electrons. The molecule has 0 atom stereocenters. The first-order chi connectivity index (χ1) is 12.2. The van der Waals surface area contributed by atoms with Gasteiger partial charge in [0.05, 0.1) is 11.8 Å². The fourth-order valence-corrected chi connectivity index (χ4v) is 4.10. The molecule has 0 spiro atoms. The molecular formula is C20H31N3O2. The molecule has 2 aliphatic rings. The van der Waals surface area contributed by atoms with E-state index in [1.807, 2.05) is 6.07 Å². The normalized spacial score (nSPS) is 25.0. The third-order valence-electron chi connectivity index (χ3n) is 5.40. The fourth-order valence-electron chi connectivity index (χ4n) is 4.10. The predicted molar refractivity (Wildman–Crippen MR) is 101 cm³/mol. The molecule has 1 saturated carbocycles. The topological polar surface area (TPSA) is 44.8 Å². The number of ether oxygens (including phenoxy) is 1. The van der Waals surface area contributed by atoms with Gasteiger partial charge in [-0.05, 0) is 51.7 Å². The highest BCUT2D eigenvalue weighted by Gasteiger charge is 2.28. The number of piperazine rings is 1. The first kappa shape index (κ1) is 18.1. The van der Waals surface area contributed by atoms with E-state index in [0.717, 1.165) is 51.2 Å². The summed E-state index contributed by atoms with van der Waals surface area (Å²) in [6.07, 6.45) is 5.64. The largest absolute Gasteiger partial charge is 0.489 e. The number of para-hydroxylation sites is 2. The molecule has 25 heavy (non-hydrogen) atoms. The number of nitrogens with one attached hydrogen (secondary N) is 1. The van der Waals surface area contributed by atoms with E-state index < -0.39 is 0 Å². The molecule has 138 valence electrons. The van der Waals surface area contributed by atoms with Gasteiger partial charge >= 0.3 is 0 Å². The monoisotopic (exact) mass is 345 g/mol. The standard InChI is InChI=1S/C20H31N3O2/c1-16(2)25-20-6-4-3-5-19(20)23-13-11-22(12-14-23)18-9-7-17(8-10-18)21-15-24/h3-6,15-18H,7-14H2,1-2H3,(H,21,24). The average Bonchev–Trinajstić information content (AvgIpc) is 2.63. The lowest BCUT2D eigenvalue weighted by Crippen LogP contribution is -2.52. The van der Waals surface area contributed by atoms with Crippen LogP contribution in [0, 0.1) is 0 Å². The highest BCUT2D eigenvalue weighted by molar-refractivity contribution is 5.58. The molecule has 1 heterocycles. The SMILES string of the molecule is CC(C)Oc1ccccc1N1CCN(C2CCC(NC=O)CC2)CC1. The van der Waals surface area contributed by atoms with Crippen LogP contribution in [0.5, 0.6) is 5.75 Å². The molecule has 5 heteroatoms. The molecule has 1 saturated heterocycles. The van der Waals surface area contributed by atoms with Gasteiger partial charge in [0, 0.05) is 38.3 Å². The van der Waals surface area contributed by atoms with Crippen molar-refractivity contribution in [2.75, 3.05) is 31.1 Å². The van der Waals surface area contributed by atoms with Crippen molar-refractivity contribution in [3.8, 4) is 5.75 Å². The summed E-state index contributed by atoms with van der Waals surface area (Å²) in [6, 6.07) is 9.44. The Kier molecular flexibility index (Phi) is 6.19. The summed E-state index contributed by atoms with van der Waals surface area (Å²) in [4.78, 5) is 15.7. The lowest BCUT2D eigenvalue weighted by molar-refractivity contribution is -0.110. The smallest absolute Gasteiger partial charge is 0.207 e. The van der Waals surface area contributed by atoms with Crippen LogP contribution < -0.4 is 15.0 Å². The van der Waals surface area contributed by atoms with Crippen LogP contribution in [0.4, 0.5) is 5.69 Å². The van der Waals surface area contributed by atoms with E-state index in [0.29, 0.717) is 12.1 Å². The van der Waals surface area contributed by atoms with Crippen LogP contribution in [0.3, 0.4) is 0 Å². The van der Waals surface area contributed by atoms with Crippen LogP contribution in [-0.4, -0.2) is 55.7 Å². The molecular weight excluding hydrogens is 314 g/mol. The van der Waals surface area contributed by atoms with Crippen molar-refractivity contribution in [2.24, 2.45) is 0 Å². The summed E-state index contributed by atoms with van der Waals surface area (Å²) in [5.41, 5.74) is 1.22. The Hall–Kier alpha value is -1.75. The number of hydrogen-bond donors (Lipinski definition) is 1. The highest BCUT2D eigenvalue weighted by atomic mass is 16.5. The summed E-state index contributed by atoms with van der Waals surface area (Å²) in [5, 5.41) is 2.94. The van der Waals surface area contributed by atoms with Crippen molar-refractivity contribution in [1.29, 1.82) is 0 Å². The minimum absolute atomic E-state index is 0.192. The van der Waals surface area contributed by atoms with Crippen LogP contribution in [-0.2, 0) is 4.79 Å². The summed E-state index contributed by atoms with van der Waals surface area (Å²) in [6.45, 7) is 8.45. The summed E-state index contributed by atoms with van der Waals surface area (Å²) < 4.78 is 5.99. The van der Waals surface area contributed by atoms with Crippen LogP contribution >= 0.6 is 0 Å². The number of rotatable bonds is 6. The molecule has 1 aliphatic carbocycles. The molecule has 1 aromatic carbocycles. The van der Waals surface area contributed by atoms with E-state index in [-0.39, 0.29) is 6.10 Å². The molecule has 0 aromatic heterocycles. The lowest BCUT2D eigenvalue weighted by atomic mass is 9.90. The molecule has 0 bridgehead atoms. The number of amides is 1. The van der Waals surface area contributed by atoms with Gasteiger partial charge in [-0.1, -0.05) is 12.1 Å². The zero-order chi connectivity index (χ0) is 17.6. The van der Waals surface area contributed by atoms with Crippen molar-refractivity contribution in [3.63, 3.8) is 0 Å². The minimum atomic E-state index is 0.192. The number of nitrogens with zero attached hydrogens (tertiary/aromatic N) is 2. The third kappa shape index (κ3) is 4.66. The number of carbonyl (C=O) groups is 1. The Balaban J connectivity index is 1.53. The first-order valence-electron chi connectivity index (χ1n) is 9.61. The van der Waals surface area contributed by atoms with E-state index in [9.17, 15) is 4.79 Å². The highest BCUT2D eigenvalue weighted by Crippen LogP contribution is 2.31. The van der Waals surface area contributed by atoms with Crippen molar-refractivity contribution in [3.05, 3.63) is 24.3 Å². The van der Waals surface area contributed by atoms with Crippen LogP contribution in [0.2, 0.25) is 0 Å². The zero-order valence-electron chi connectivity index (χ0n) is 15.5. The second-order valence-electron chi connectivity index (χ2n) is 7.45. The van der Waals surface area contributed by atoms with Crippen LogP contribution in [0.25, 0.3) is 0 Å². The van der Waals surface area contributed by atoms with Gasteiger partial charge in [0.25, 0.3) is 0 Å². The molecule has 1 aliphatic heterocycles. The first-order valence-corrected chi connectivity index (χ1v) is 9.61. The number of carbonyl (C=O) groups excluding carboxylic acids is 1. The Morgan fingerprint density at radius 2 is 1.76 bits per heavy atom. The molecule has 2 fully saturated rings. The van der Waals surface area contributed by atoms with Gasteiger partial charge in [-0.2, -0.15) is 0 Å². The maximum absolute atomic E-state index is 10.6. The summed E-state index contributed by atoms with van der Waals surface area (Å²) >= 11 is 0. The van der Waals surface area contributed by atoms with Crippen molar-refractivity contribution in [2.45, 2.75) is 57.7 Å². The third-order valence-corrected chi connectivity index (χ3v) is 5.40. The number of benzene rings is 1. The summed E-state index contributed by atoms with van der Waals surface area (Å²) in [5.74, 6) is 0.992. The number of anilines is 1. The van der Waals surface area contributed by atoms with Gasteiger partial charge in [0.2, 0.25) is 6.41 Å². The average molecular weight is 345 g/mol. The van der Waals surface area contributed by atoms with Crippen LogP contribution in [0.15, 0.2) is 24.3 Å². The molecule has 0 unspecified atom stereocenters. The van der Waals surface area contributed by atoms with Gasteiger partial charge in [0.15, 0.2) is 0 Å². The predicted octanol–water partition coefficient (Wildman–Crippen LogP) is 2.65. The van der Waals surface area contributed by atoms with E-state index >= 15 is 0 Å². The molecule has 1 amide bonds. The van der Waals surface area contributed by atoms with Gasteiger partial charge in [-0.25, -0.2) is 0 Å². The van der Waals surface area contributed by atoms with E-state index in [1.54, 1.807) is 0 Å². The molecule has 5 nitrogen and oxygen atoms in total. The zero-order valence-corrected chi connectivity index (χ0v) is 15.5. The number of hydrogen-bond acceptors (Lipinski definition) is 4. The lowest BCUT2D eigenvalue weighted by Gasteiger charge is -2.42. The Morgan fingerprint density at radius 1 is 1.08 bits per heavy atom. The molecule has 1 N–H and O–H groups in total. The van der Waals surface area contributed by atoms with Gasteiger partial charge in [-0.15, -0.1) is 0 Å². The Bertz CT molecular complexity index is 548. The maximum Gasteiger partial charge on any atom is 0.207 e.